The predicted octanol–water partition coefficient (Wildman–Crippen LogP) is 3.69. The quantitative estimate of drug-likeness (QED) is 0.663. The highest BCUT2D eigenvalue weighted by molar-refractivity contribution is 5.67. The van der Waals surface area contributed by atoms with Crippen molar-refractivity contribution in [3.63, 3.8) is 0 Å². The molecular formula is C22H26N6O2. The van der Waals surface area contributed by atoms with Gasteiger partial charge in [0.25, 0.3) is 0 Å². The molecule has 3 heterocycles. The van der Waals surface area contributed by atoms with Gasteiger partial charge in [0.1, 0.15) is 11.6 Å². The fourth-order valence-corrected chi connectivity index (χ4v) is 3.54. The van der Waals surface area contributed by atoms with Crippen LogP contribution in [0.3, 0.4) is 0 Å². The topological polar surface area (TPSA) is 85.3 Å². The Morgan fingerprint density at radius 1 is 1.07 bits per heavy atom. The van der Waals surface area contributed by atoms with E-state index in [-0.39, 0.29) is 12.2 Å². The summed E-state index contributed by atoms with van der Waals surface area (Å²) in [5.41, 5.74) is 2.00. The lowest BCUT2D eigenvalue weighted by Crippen LogP contribution is -2.46. The molecule has 156 valence electrons. The number of ether oxygens (including phenoxy) is 2. The number of benzene rings is 1. The number of hydrogen-bond acceptors (Lipinski definition) is 8. The van der Waals surface area contributed by atoms with Gasteiger partial charge in [0, 0.05) is 24.8 Å². The maximum atomic E-state index is 5.80. The predicted molar refractivity (Wildman–Crippen MR) is 116 cm³/mol. The van der Waals surface area contributed by atoms with E-state index in [0.29, 0.717) is 24.2 Å². The summed E-state index contributed by atoms with van der Waals surface area (Å²) >= 11 is 0. The van der Waals surface area contributed by atoms with Crippen molar-refractivity contribution in [2.75, 3.05) is 29.9 Å². The average molecular weight is 406 g/mol. The molecule has 0 bridgehead atoms. The molecule has 0 aliphatic carbocycles. The summed E-state index contributed by atoms with van der Waals surface area (Å²) in [4.78, 5) is 11.2. The van der Waals surface area contributed by atoms with Crippen LogP contribution in [0.1, 0.15) is 20.8 Å². The largest absolute Gasteiger partial charge is 0.494 e. The number of hydrogen-bond donors (Lipinski definition) is 1. The van der Waals surface area contributed by atoms with Gasteiger partial charge >= 0.3 is 0 Å². The lowest BCUT2D eigenvalue weighted by molar-refractivity contribution is -0.00571. The van der Waals surface area contributed by atoms with E-state index in [0.717, 1.165) is 30.0 Å². The van der Waals surface area contributed by atoms with Gasteiger partial charge in [0.05, 0.1) is 25.0 Å². The van der Waals surface area contributed by atoms with E-state index in [1.54, 1.807) is 12.4 Å². The number of morpholine rings is 1. The molecule has 1 aliphatic heterocycles. The minimum absolute atomic E-state index is 0.144. The van der Waals surface area contributed by atoms with Gasteiger partial charge < -0.3 is 19.7 Å². The smallest absolute Gasteiger partial charge is 0.227 e. The van der Waals surface area contributed by atoms with Crippen LogP contribution in [0.2, 0.25) is 0 Å². The van der Waals surface area contributed by atoms with Crippen LogP contribution in [0.25, 0.3) is 11.1 Å². The van der Waals surface area contributed by atoms with Gasteiger partial charge in [-0.2, -0.15) is 10.1 Å². The van der Waals surface area contributed by atoms with Crippen LogP contribution in [0, 0.1) is 0 Å². The van der Waals surface area contributed by atoms with E-state index < -0.39 is 0 Å². The second kappa shape index (κ2) is 9.04. The molecule has 3 aromatic rings. The average Bonchev–Trinajstić information content (AvgIpc) is 2.74. The number of nitrogens with zero attached hydrogens (tertiary/aromatic N) is 5. The molecule has 0 spiro atoms. The van der Waals surface area contributed by atoms with Crippen molar-refractivity contribution in [3.8, 4) is 16.9 Å². The molecular weight excluding hydrogens is 380 g/mol. The zero-order chi connectivity index (χ0) is 20.9. The van der Waals surface area contributed by atoms with Crippen molar-refractivity contribution in [3.05, 3.63) is 48.8 Å². The highest BCUT2D eigenvalue weighted by atomic mass is 16.5. The standard InChI is InChI=1S/C22H26N6O2/c1-4-29-19-7-5-17(6-8-19)18-11-21(27-24-12-18)25-20-9-10-23-22(26-20)28-13-15(2)30-16(3)14-28/h5-12,15-16H,4,13-14H2,1-3H3,(H,23,25,26,27)/t15-,16+. The summed E-state index contributed by atoms with van der Waals surface area (Å²) < 4.78 is 11.3. The highest BCUT2D eigenvalue weighted by Gasteiger charge is 2.24. The van der Waals surface area contributed by atoms with Gasteiger partial charge in [-0.15, -0.1) is 5.10 Å². The van der Waals surface area contributed by atoms with Gasteiger partial charge in [-0.1, -0.05) is 12.1 Å². The van der Waals surface area contributed by atoms with E-state index in [1.807, 2.05) is 43.3 Å². The monoisotopic (exact) mass is 406 g/mol. The van der Waals surface area contributed by atoms with E-state index in [1.165, 1.54) is 0 Å². The van der Waals surface area contributed by atoms with Crippen molar-refractivity contribution in [2.24, 2.45) is 0 Å². The summed E-state index contributed by atoms with van der Waals surface area (Å²) in [7, 11) is 0. The van der Waals surface area contributed by atoms with Crippen molar-refractivity contribution in [2.45, 2.75) is 33.0 Å². The normalized spacial score (nSPS) is 18.8. The molecule has 1 aromatic carbocycles. The molecule has 0 radical (unpaired) electrons. The Morgan fingerprint density at radius 3 is 2.57 bits per heavy atom. The molecule has 0 amide bonds. The lowest BCUT2D eigenvalue weighted by atomic mass is 10.1. The second-order valence-corrected chi connectivity index (χ2v) is 7.32. The molecule has 2 aromatic heterocycles. The minimum atomic E-state index is 0.144. The number of rotatable bonds is 6. The molecule has 4 rings (SSSR count). The van der Waals surface area contributed by atoms with E-state index in [4.69, 9.17) is 9.47 Å². The molecule has 8 heteroatoms. The van der Waals surface area contributed by atoms with Gasteiger partial charge in [0.15, 0.2) is 5.82 Å². The van der Waals surface area contributed by atoms with Crippen LogP contribution >= 0.6 is 0 Å². The van der Waals surface area contributed by atoms with E-state index in [9.17, 15) is 0 Å². The summed E-state index contributed by atoms with van der Waals surface area (Å²) in [6.45, 7) is 8.27. The maximum absolute atomic E-state index is 5.80. The summed E-state index contributed by atoms with van der Waals surface area (Å²) in [6.07, 6.45) is 3.78. The van der Waals surface area contributed by atoms with Crippen LogP contribution in [0.4, 0.5) is 17.6 Å². The first-order valence-corrected chi connectivity index (χ1v) is 10.2. The van der Waals surface area contributed by atoms with Crippen molar-refractivity contribution in [1.29, 1.82) is 0 Å². The number of aromatic nitrogens is 4. The maximum Gasteiger partial charge on any atom is 0.227 e. The Kier molecular flexibility index (Phi) is 6.04. The minimum Gasteiger partial charge on any atom is -0.494 e. The van der Waals surface area contributed by atoms with E-state index in [2.05, 4.69) is 44.2 Å². The summed E-state index contributed by atoms with van der Waals surface area (Å²) in [5, 5.41) is 11.6. The van der Waals surface area contributed by atoms with E-state index >= 15 is 0 Å². The zero-order valence-electron chi connectivity index (χ0n) is 17.4. The first-order chi connectivity index (χ1) is 14.6. The Morgan fingerprint density at radius 2 is 1.83 bits per heavy atom. The first kappa shape index (κ1) is 20.0. The van der Waals surface area contributed by atoms with Gasteiger partial charge in [-0.05, 0) is 50.6 Å². The van der Waals surface area contributed by atoms with Gasteiger partial charge in [-0.3, -0.25) is 0 Å². The fourth-order valence-electron chi connectivity index (χ4n) is 3.54. The van der Waals surface area contributed by atoms with Crippen LogP contribution in [-0.4, -0.2) is 52.1 Å². The van der Waals surface area contributed by atoms with Crippen LogP contribution in [0.5, 0.6) is 5.75 Å². The van der Waals surface area contributed by atoms with Gasteiger partial charge in [0.2, 0.25) is 5.95 Å². The van der Waals surface area contributed by atoms with Crippen molar-refractivity contribution < 1.29 is 9.47 Å². The SMILES string of the molecule is CCOc1ccc(-c2cnnc(Nc3ccnc(N4C[C@@H](C)O[C@@H](C)C4)n3)c2)cc1. The molecule has 1 saturated heterocycles. The molecule has 2 atom stereocenters. The molecule has 1 N–H and O–H groups in total. The molecule has 1 aliphatic rings. The molecule has 0 saturated carbocycles. The van der Waals surface area contributed by atoms with Crippen LogP contribution in [0.15, 0.2) is 48.8 Å². The summed E-state index contributed by atoms with van der Waals surface area (Å²) in [5.74, 6) is 2.82. The van der Waals surface area contributed by atoms with Crippen molar-refractivity contribution in [1.82, 2.24) is 20.2 Å². The zero-order valence-corrected chi connectivity index (χ0v) is 17.4. The molecule has 1 fully saturated rings. The Balaban J connectivity index is 1.50. The number of anilines is 3. The lowest BCUT2D eigenvalue weighted by Gasteiger charge is -2.35. The van der Waals surface area contributed by atoms with Crippen LogP contribution < -0.4 is 15.0 Å². The molecule has 8 nitrogen and oxygen atoms in total. The highest BCUT2D eigenvalue weighted by Crippen LogP contribution is 2.25. The summed E-state index contributed by atoms with van der Waals surface area (Å²) in [6, 6.07) is 11.7. The Bertz CT molecular complexity index is 971. The Labute approximate surface area is 176 Å². The van der Waals surface area contributed by atoms with Gasteiger partial charge in [-0.25, -0.2) is 4.98 Å². The van der Waals surface area contributed by atoms with Crippen molar-refractivity contribution >= 4 is 17.6 Å². The third-order valence-corrected chi connectivity index (χ3v) is 4.75. The molecule has 30 heavy (non-hydrogen) atoms. The second-order valence-electron chi connectivity index (χ2n) is 7.32. The molecule has 0 unspecified atom stereocenters. The first-order valence-electron chi connectivity index (χ1n) is 10.2. The number of nitrogens with one attached hydrogen (secondary N) is 1. The third kappa shape index (κ3) is 4.83. The van der Waals surface area contributed by atoms with Crippen LogP contribution in [-0.2, 0) is 4.74 Å². The third-order valence-electron chi connectivity index (χ3n) is 4.75. The fraction of sp³-hybridized carbons (Fsp3) is 0.364. The Hall–Kier alpha value is -3.26.